The van der Waals surface area contributed by atoms with E-state index in [9.17, 15) is 13.6 Å². The van der Waals surface area contributed by atoms with Crippen LogP contribution >= 0.6 is 11.3 Å². The first-order valence-corrected chi connectivity index (χ1v) is 7.37. The summed E-state index contributed by atoms with van der Waals surface area (Å²) < 4.78 is 33.0. The van der Waals surface area contributed by atoms with Crippen LogP contribution in [0.5, 0.6) is 0 Å². The lowest BCUT2D eigenvalue weighted by Crippen LogP contribution is -2.11. The average Bonchev–Trinajstić information content (AvgIpc) is 2.59. The van der Waals surface area contributed by atoms with Gasteiger partial charge in [-0.1, -0.05) is 6.07 Å². The van der Waals surface area contributed by atoms with E-state index in [4.69, 9.17) is 10.5 Å². The first-order valence-electron chi connectivity index (χ1n) is 6.56. The molecule has 1 aliphatic heterocycles. The Labute approximate surface area is 124 Å². The third-order valence-corrected chi connectivity index (χ3v) is 4.63. The monoisotopic (exact) mass is 309 g/mol. The first-order chi connectivity index (χ1) is 10.1. The molecule has 0 spiro atoms. The van der Waals surface area contributed by atoms with Gasteiger partial charge in [0.2, 0.25) is 5.78 Å². The highest BCUT2D eigenvalue weighted by molar-refractivity contribution is 7.16. The van der Waals surface area contributed by atoms with Gasteiger partial charge in [-0.05, 0) is 24.1 Å². The number of benzene rings is 1. The Kier molecular flexibility index (Phi) is 3.73. The van der Waals surface area contributed by atoms with Crippen molar-refractivity contribution in [2.75, 3.05) is 18.9 Å². The smallest absolute Gasteiger partial charge is 0.202 e. The molecule has 1 aromatic heterocycles. The lowest BCUT2D eigenvalue weighted by Gasteiger charge is -2.07. The summed E-state index contributed by atoms with van der Waals surface area (Å²) in [4.78, 5) is 13.5. The Hall–Kier alpha value is -1.79. The van der Waals surface area contributed by atoms with Crippen LogP contribution in [0, 0.1) is 11.6 Å². The van der Waals surface area contributed by atoms with E-state index >= 15 is 0 Å². The maximum atomic E-state index is 13.8. The molecule has 3 nitrogen and oxygen atoms in total. The van der Waals surface area contributed by atoms with Crippen molar-refractivity contribution >= 4 is 22.1 Å². The van der Waals surface area contributed by atoms with Gasteiger partial charge in [0.1, 0.15) is 11.6 Å². The molecule has 0 amide bonds. The van der Waals surface area contributed by atoms with Crippen molar-refractivity contribution < 1.29 is 18.3 Å². The van der Waals surface area contributed by atoms with E-state index in [1.165, 1.54) is 17.4 Å². The van der Waals surface area contributed by atoms with E-state index in [0.717, 1.165) is 22.6 Å². The molecule has 2 N–H and O–H groups in total. The molecule has 21 heavy (non-hydrogen) atoms. The molecular formula is C15H13F2NO2S. The zero-order valence-electron chi connectivity index (χ0n) is 11.1. The second-order valence-electron chi connectivity index (χ2n) is 4.78. The van der Waals surface area contributed by atoms with Crippen molar-refractivity contribution in [3.8, 4) is 0 Å². The summed E-state index contributed by atoms with van der Waals surface area (Å²) >= 11 is 1.30. The second-order valence-corrected chi connectivity index (χ2v) is 5.92. The minimum atomic E-state index is -0.871. The highest BCUT2D eigenvalue weighted by Gasteiger charge is 2.27. The predicted octanol–water partition coefficient (Wildman–Crippen LogP) is 2.95. The van der Waals surface area contributed by atoms with Crippen molar-refractivity contribution in [1.29, 1.82) is 0 Å². The number of hydrogen-bond acceptors (Lipinski definition) is 4. The summed E-state index contributed by atoms with van der Waals surface area (Å²) in [5, 5.41) is 0.314. The van der Waals surface area contributed by atoms with Crippen molar-refractivity contribution in [2.45, 2.75) is 12.8 Å². The van der Waals surface area contributed by atoms with Gasteiger partial charge in [-0.25, -0.2) is 8.78 Å². The first kappa shape index (κ1) is 14.2. The van der Waals surface area contributed by atoms with Crippen LogP contribution in [-0.2, 0) is 17.6 Å². The molecule has 2 aromatic rings. The maximum absolute atomic E-state index is 13.8. The minimum Gasteiger partial charge on any atom is -0.390 e. The molecule has 0 saturated heterocycles. The number of fused-ring (bicyclic) bond motifs is 1. The van der Waals surface area contributed by atoms with Gasteiger partial charge in [-0.15, -0.1) is 11.3 Å². The molecule has 0 unspecified atom stereocenters. The number of carbonyl (C=O) groups is 1. The second kappa shape index (κ2) is 5.54. The number of nitrogen functional groups attached to an aromatic ring is 1. The third-order valence-electron chi connectivity index (χ3n) is 3.50. The number of nitrogens with two attached hydrogens (primary N) is 1. The van der Waals surface area contributed by atoms with Crippen molar-refractivity contribution in [2.24, 2.45) is 0 Å². The lowest BCUT2D eigenvalue weighted by molar-refractivity contribution is 0.103. The molecular weight excluding hydrogens is 296 g/mol. The Morgan fingerprint density at radius 2 is 1.81 bits per heavy atom. The highest BCUT2D eigenvalue weighted by Crippen LogP contribution is 2.35. The fourth-order valence-corrected chi connectivity index (χ4v) is 3.63. The number of halogens is 2. The van der Waals surface area contributed by atoms with Crippen LogP contribution in [-0.4, -0.2) is 19.0 Å². The minimum absolute atomic E-state index is 0.226. The molecule has 0 bridgehead atoms. The molecule has 0 saturated carbocycles. The van der Waals surface area contributed by atoms with Crippen LogP contribution < -0.4 is 5.73 Å². The van der Waals surface area contributed by atoms with Crippen molar-refractivity contribution in [3.63, 3.8) is 0 Å². The highest BCUT2D eigenvalue weighted by atomic mass is 32.1. The number of thiophene rings is 1. The number of ether oxygens (including phenoxy) is 1. The number of hydrogen-bond donors (Lipinski definition) is 1. The van der Waals surface area contributed by atoms with Gasteiger partial charge in [0.05, 0.1) is 29.3 Å². The molecule has 0 fully saturated rings. The Morgan fingerprint density at radius 1 is 1.14 bits per heavy atom. The summed E-state index contributed by atoms with van der Waals surface area (Å²) in [5.41, 5.74) is 6.37. The van der Waals surface area contributed by atoms with Crippen molar-refractivity contribution in [3.05, 3.63) is 51.4 Å². The van der Waals surface area contributed by atoms with E-state index in [0.29, 0.717) is 31.1 Å². The average molecular weight is 309 g/mol. The largest absolute Gasteiger partial charge is 0.390 e. The molecule has 1 aromatic carbocycles. The summed E-state index contributed by atoms with van der Waals surface area (Å²) in [6.45, 7) is 1.04. The van der Waals surface area contributed by atoms with Crippen LogP contribution in [0.25, 0.3) is 0 Å². The maximum Gasteiger partial charge on any atom is 0.202 e. The van der Waals surface area contributed by atoms with Crippen LogP contribution in [0.15, 0.2) is 18.2 Å². The van der Waals surface area contributed by atoms with E-state index in [2.05, 4.69) is 0 Å². The third kappa shape index (κ3) is 2.45. The van der Waals surface area contributed by atoms with Crippen LogP contribution in [0.1, 0.15) is 26.4 Å². The van der Waals surface area contributed by atoms with E-state index in [-0.39, 0.29) is 5.56 Å². The Morgan fingerprint density at radius 3 is 2.52 bits per heavy atom. The fraction of sp³-hybridized carbons (Fsp3) is 0.267. The molecule has 110 valence electrons. The van der Waals surface area contributed by atoms with Crippen LogP contribution in [0.2, 0.25) is 0 Å². The van der Waals surface area contributed by atoms with E-state index in [1.807, 2.05) is 0 Å². The van der Waals surface area contributed by atoms with E-state index < -0.39 is 23.0 Å². The topological polar surface area (TPSA) is 52.3 Å². The predicted molar refractivity (Wildman–Crippen MR) is 76.7 cm³/mol. The van der Waals surface area contributed by atoms with Gasteiger partial charge in [0, 0.05) is 11.3 Å². The summed E-state index contributed by atoms with van der Waals surface area (Å²) in [7, 11) is 0. The molecule has 1 aliphatic rings. The van der Waals surface area contributed by atoms with Crippen molar-refractivity contribution in [1.82, 2.24) is 0 Å². The molecule has 0 radical (unpaired) electrons. The fourth-order valence-electron chi connectivity index (χ4n) is 2.53. The SMILES string of the molecule is Nc1sc2c(c1C(=O)c1c(F)cccc1F)CCOCC2. The van der Waals surface area contributed by atoms with E-state index in [1.54, 1.807) is 0 Å². The summed E-state index contributed by atoms with van der Waals surface area (Å²) in [6.07, 6.45) is 1.19. The number of anilines is 1. The molecule has 0 aliphatic carbocycles. The zero-order valence-corrected chi connectivity index (χ0v) is 11.9. The Balaban J connectivity index is 2.12. The number of carbonyl (C=O) groups excluding carboxylic acids is 1. The van der Waals surface area contributed by atoms with Gasteiger partial charge >= 0.3 is 0 Å². The van der Waals surface area contributed by atoms with Gasteiger partial charge in [-0.3, -0.25) is 4.79 Å². The van der Waals surface area contributed by atoms with Gasteiger partial charge < -0.3 is 10.5 Å². The van der Waals surface area contributed by atoms with Crippen LogP contribution in [0.3, 0.4) is 0 Å². The molecule has 2 heterocycles. The molecule has 3 rings (SSSR count). The standard InChI is InChI=1S/C15H13F2NO2S/c16-9-2-1-3-10(17)13(9)14(19)12-8-4-6-20-7-5-11(8)21-15(12)18/h1-3H,4-7,18H2. The van der Waals surface area contributed by atoms with Gasteiger partial charge in [0.15, 0.2) is 0 Å². The lowest BCUT2D eigenvalue weighted by atomic mass is 9.97. The van der Waals surface area contributed by atoms with Gasteiger partial charge in [0.25, 0.3) is 0 Å². The quantitative estimate of drug-likeness (QED) is 0.868. The summed E-state index contributed by atoms with van der Waals surface area (Å²) in [6, 6.07) is 3.37. The van der Waals surface area contributed by atoms with Gasteiger partial charge in [-0.2, -0.15) is 0 Å². The molecule has 6 heteroatoms. The Bertz CT molecular complexity index is 692. The normalized spacial score (nSPS) is 14.6. The van der Waals surface area contributed by atoms with Crippen LogP contribution in [0.4, 0.5) is 13.8 Å². The number of ketones is 1. The molecule has 0 atom stereocenters. The summed E-state index contributed by atoms with van der Waals surface area (Å²) in [5.74, 6) is -2.43. The number of rotatable bonds is 2. The zero-order chi connectivity index (χ0) is 15.0.